The zero-order valence-corrected chi connectivity index (χ0v) is 22.4. The third-order valence-electron chi connectivity index (χ3n) is 8.29. The molecule has 40 heavy (non-hydrogen) atoms. The Morgan fingerprint density at radius 3 is 2.05 bits per heavy atom. The monoisotopic (exact) mass is 556 g/mol. The number of nitrogens with one attached hydrogen (secondary N) is 2. The normalized spacial score (nSPS) is 20.4. The Labute approximate surface area is 231 Å². The van der Waals surface area contributed by atoms with E-state index in [2.05, 4.69) is 35.6 Å². The number of carbonyl (C=O) groups is 1. The second-order valence-electron chi connectivity index (χ2n) is 10.9. The van der Waals surface area contributed by atoms with E-state index in [1.54, 1.807) is 24.3 Å². The minimum atomic E-state index is -4.71. The molecular weight excluding hydrogens is 521 g/mol. The number of alkyl halides is 3. The first-order valence-corrected chi connectivity index (χ1v) is 14.0. The second kappa shape index (κ2) is 12.8. The van der Waals surface area contributed by atoms with Gasteiger partial charge in [0.05, 0.1) is 0 Å². The van der Waals surface area contributed by atoms with Gasteiger partial charge >= 0.3 is 6.36 Å². The molecule has 0 spiro atoms. The van der Waals surface area contributed by atoms with Crippen molar-refractivity contribution in [2.75, 3.05) is 5.32 Å². The van der Waals surface area contributed by atoms with Gasteiger partial charge in [-0.3, -0.25) is 15.0 Å². The van der Waals surface area contributed by atoms with Crippen molar-refractivity contribution >= 4 is 11.9 Å². The summed E-state index contributed by atoms with van der Waals surface area (Å²) < 4.78 is 41.9. The van der Waals surface area contributed by atoms with Crippen molar-refractivity contribution in [1.29, 1.82) is 0 Å². The maximum Gasteiger partial charge on any atom is 0.573 e. The van der Waals surface area contributed by atoms with Crippen LogP contribution in [0.3, 0.4) is 0 Å². The van der Waals surface area contributed by atoms with Gasteiger partial charge in [0.25, 0.3) is 11.9 Å². The van der Waals surface area contributed by atoms with Crippen LogP contribution < -0.4 is 10.1 Å². The first-order chi connectivity index (χ1) is 19.3. The van der Waals surface area contributed by atoms with E-state index in [1.807, 2.05) is 12.1 Å². The Balaban J connectivity index is 1.26. The van der Waals surface area contributed by atoms with Gasteiger partial charge in [-0.05, 0) is 78.1 Å². The largest absolute Gasteiger partial charge is 0.573 e. The highest BCUT2D eigenvalue weighted by Crippen LogP contribution is 2.40. The molecule has 5 rings (SSSR count). The number of halogens is 3. The fourth-order valence-electron chi connectivity index (χ4n) is 6.27. The van der Waals surface area contributed by atoms with E-state index in [9.17, 15) is 18.0 Å². The summed E-state index contributed by atoms with van der Waals surface area (Å²) >= 11 is 0. The lowest BCUT2D eigenvalue weighted by atomic mass is 9.72. The summed E-state index contributed by atoms with van der Waals surface area (Å²) in [4.78, 5) is 14.9. The Morgan fingerprint density at radius 1 is 0.875 bits per heavy atom. The van der Waals surface area contributed by atoms with Crippen LogP contribution in [-0.2, 0) is 13.1 Å². The lowest BCUT2D eigenvalue weighted by Gasteiger charge is -2.40. The standard InChI is InChI=1S/C29H35F3N6O2/c30-29(31,32)40-26-16-8-21(9-17-26)19-38(25-14-12-23(13-15-25)22-4-2-1-3-5-22)18-20-6-10-24(11-7-20)27(39)33-28-34-36-37-35-28/h6-11,16-17,22-23,25H,1-5,12-15,18-19H2,(H2,33,34,35,36,37,39)/t23-,25+. The fraction of sp³-hybridized carbons (Fsp3) is 0.517. The van der Waals surface area contributed by atoms with Crippen LogP contribution in [0.1, 0.15) is 79.3 Å². The van der Waals surface area contributed by atoms with E-state index in [-0.39, 0.29) is 17.6 Å². The van der Waals surface area contributed by atoms with Gasteiger partial charge in [0.15, 0.2) is 0 Å². The lowest BCUT2D eigenvalue weighted by Crippen LogP contribution is -2.38. The van der Waals surface area contributed by atoms with Crippen LogP contribution in [0.15, 0.2) is 48.5 Å². The molecule has 3 aromatic rings. The number of aromatic nitrogens is 4. The number of aromatic amines is 1. The third-order valence-corrected chi connectivity index (χ3v) is 8.29. The highest BCUT2D eigenvalue weighted by atomic mass is 19.4. The van der Waals surface area contributed by atoms with Crippen molar-refractivity contribution in [2.45, 2.75) is 83.3 Å². The van der Waals surface area contributed by atoms with Crippen LogP contribution in [0.25, 0.3) is 0 Å². The first-order valence-electron chi connectivity index (χ1n) is 14.0. The van der Waals surface area contributed by atoms with Crippen molar-refractivity contribution < 1.29 is 22.7 Å². The number of hydrogen-bond donors (Lipinski definition) is 2. The van der Waals surface area contributed by atoms with E-state index >= 15 is 0 Å². The number of carbonyl (C=O) groups excluding carboxylic acids is 1. The van der Waals surface area contributed by atoms with Crippen LogP contribution in [0.4, 0.5) is 19.1 Å². The van der Waals surface area contributed by atoms with E-state index in [4.69, 9.17) is 0 Å². The highest BCUT2D eigenvalue weighted by Gasteiger charge is 2.32. The van der Waals surface area contributed by atoms with Crippen molar-refractivity contribution in [2.24, 2.45) is 11.8 Å². The predicted molar refractivity (Wildman–Crippen MR) is 143 cm³/mol. The van der Waals surface area contributed by atoms with E-state index in [0.717, 1.165) is 35.8 Å². The van der Waals surface area contributed by atoms with E-state index < -0.39 is 6.36 Å². The van der Waals surface area contributed by atoms with Gasteiger partial charge in [-0.2, -0.15) is 5.21 Å². The van der Waals surface area contributed by atoms with Crippen LogP contribution in [0.5, 0.6) is 5.75 Å². The summed E-state index contributed by atoms with van der Waals surface area (Å²) in [6.45, 7) is 1.29. The summed E-state index contributed by atoms with van der Waals surface area (Å²) in [5, 5.41) is 15.8. The number of amides is 1. The summed E-state index contributed by atoms with van der Waals surface area (Å²) in [5.41, 5.74) is 2.47. The maximum atomic E-state index is 12.6. The molecule has 0 bridgehead atoms. The third kappa shape index (κ3) is 7.80. The number of anilines is 1. The Morgan fingerprint density at radius 2 is 1.48 bits per heavy atom. The van der Waals surface area contributed by atoms with Crippen molar-refractivity contribution in [3.63, 3.8) is 0 Å². The van der Waals surface area contributed by atoms with Crippen LogP contribution in [0.2, 0.25) is 0 Å². The average Bonchev–Trinajstić information content (AvgIpc) is 3.47. The molecule has 2 aliphatic rings. The molecule has 2 N–H and O–H groups in total. The molecule has 0 unspecified atom stereocenters. The fourth-order valence-corrected chi connectivity index (χ4v) is 6.27. The smallest absolute Gasteiger partial charge is 0.406 e. The van der Waals surface area contributed by atoms with Crippen molar-refractivity contribution in [3.05, 3.63) is 65.2 Å². The maximum absolute atomic E-state index is 12.6. The summed E-state index contributed by atoms with van der Waals surface area (Å²) in [7, 11) is 0. The van der Waals surface area contributed by atoms with E-state index in [0.29, 0.717) is 24.7 Å². The molecule has 8 nitrogen and oxygen atoms in total. The molecule has 2 fully saturated rings. The van der Waals surface area contributed by atoms with Gasteiger partial charge < -0.3 is 4.74 Å². The van der Waals surface area contributed by atoms with Crippen LogP contribution in [0, 0.1) is 11.8 Å². The molecule has 0 radical (unpaired) electrons. The van der Waals surface area contributed by atoms with Crippen LogP contribution >= 0.6 is 0 Å². The average molecular weight is 557 g/mol. The molecule has 1 aromatic heterocycles. The van der Waals surface area contributed by atoms with Crippen LogP contribution in [-0.4, -0.2) is 43.8 Å². The zero-order chi connectivity index (χ0) is 28.0. The Kier molecular flexibility index (Phi) is 8.98. The summed E-state index contributed by atoms with van der Waals surface area (Å²) in [5.74, 6) is 1.22. The van der Waals surface area contributed by atoms with Crippen molar-refractivity contribution in [3.8, 4) is 5.75 Å². The van der Waals surface area contributed by atoms with Gasteiger partial charge in [-0.15, -0.1) is 18.3 Å². The van der Waals surface area contributed by atoms with Gasteiger partial charge in [0.2, 0.25) is 0 Å². The molecular formula is C29H35F3N6O2. The van der Waals surface area contributed by atoms with Gasteiger partial charge in [-0.25, -0.2) is 0 Å². The number of H-pyrrole nitrogens is 1. The molecule has 0 aliphatic heterocycles. The highest BCUT2D eigenvalue weighted by molar-refractivity contribution is 6.03. The van der Waals surface area contributed by atoms with Gasteiger partial charge in [0.1, 0.15) is 5.75 Å². The number of rotatable bonds is 9. The lowest BCUT2D eigenvalue weighted by molar-refractivity contribution is -0.274. The molecule has 1 heterocycles. The topological polar surface area (TPSA) is 96.0 Å². The number of nitrogens with zero attached hydrogens (tertiary/aromatic N) is 4. The molecule has 11 heteroatoms. The predicted octanol–water partition coefficient (Wildman–Crippen LogP) is 6.49. The molecule has 0 atom stereocenters. The molecule has 2 aliphatic carbocycles. The summed E-state index contributed by atoms with van der Waals surface area (Å²) in [6.07, 6.45) is 6.75. The van der Waals surface area contributed by atoms with E-state index in [1.165, 1.54) is 57.1 Å². The van der Waals surface area contributed by atoms with Gasteiger partial charge in [0, 0.05) is 24.7 Å². The quantitative estimate of drug-likeness (QED) is 0.313. The Bertz CT molecular complexity index is 1200. The minimum Gasteiger partial charge on any atom is -0.406 e. The number of ether oxygens (including phenoxy) is 1. The molecule has 214 valence electrons. The first kappa shape index (κ1) is 28.1. The molecule has 1 amide bonds. The number of tetrazole rings is 1. The number of hydrogen-bond acceptors (Lipinski definition) is 6. The molecule has 0 saturated heterocycles. The second-order valence-corrected chi connectivity index (χ2v) is 10.9. The molecule has 2 aromatic carbocycles. The summed E-state index contributed by atoms with van der Waals surface area (Å²) in [6, 6.07) is 13.9. The minimum absolute atomic E-state index is 0.107. The molecule has 2 saturated carbocycles. The Hall–Kier alpha value is -3.47. The van der Waals surface area contributed by atoms with Crippen molar-refractivity contribution in [1.82, 2.24) is 25.5 Å². The zero-order valence-electron chi connectivity index (χ0n) is 22.4. The number of benzene rings is 2. The SMILES string of the molecule is O=C(Nc1nn[nH]n1)c1ccc(CN(Cc2ccc(OC(F)(F)F)cc2)[C@H]2CC[C@@H](C3CCCCC3)CC2)cc1. The van der Waals surface area contributed by atoms with Gasteiger partial charge in [-0.1, -0.05) is 61.5 Å².